The second-order valence-electron chi connectivity index (χ2n) is 4.19. The van der Waals surface area contributed by atoms with Crippen LogP contribution in [-0.2, 0) is 13.5 Å². The van der Waals surface area contributed by atoms with Gasteiger partial charge in [0.15, 0.2) is 5.82 Å². The van der Waals surface area contributed by atoms with Crippen LogP contribution in [0.15, 0.2) is 24.3 Å². The van der Waals surface area contributed by atoms with Gasteiger partial charge in [-0.25, -0.2) is 4.79 Å². The summed E-state index contributed by atoms with van der Waals surface area (Å²) in [5.74, 6) is -0.0729. The van der Waals surface area contributed by atoms with Gasteiger partial charge in [-0.15, -0.1) is 10.2 Å². The SMILES string of the molecule is Cn1nnc(CC(O)COc2ccc(C(=O)O)cc2)n1. The van der Waals surface area contributed by atoms with E-state index < -0.39 is 12.1 Å². The lowest BCUT2D eigenvalue weighted by Gasteiger charge is -2.10. The highest BCUT2D eigenvalue weighted by Crippen LogP contribution is 2.12. The number of hydrogen-bond acceptors (Lipinski definition) is 6. The topological polar surface area (TPSA) is 110 Å². The molecule has 106 valence electrons. The summed E-state index contributed by atoms with van der Waals surface area (Å²) in [4.78, 5) is 12.0. The molecule has 8 nitrogen and oxygen atoms in total. The number of nitrogens with zero attached hydrogens (tertiary/aromatic N) is 4. The van der Waals surface area contributed by atoms with E-state index in [0.717, 1.165) is 0 Å². The first kappa shape index (κ1) is 13.9. The van der Waals surface area contributed by atoms with Crippen LogP contribution >= 0.6 is 0 Å². The zero-order valence-electron chi connectivity index (χ0n) is 10.8. The van der Waals surface area contributed by atoms with Crippen molar-refractivity contribution in [2.75, 3.05) is 6.61 Å². The lowest BCUT2D eigenvalue weighted by molar-refractivity contribution is 0.0696. The highest BCUT2D eigenvalue weighted by atomic mass is 16.5. The summed E-state index contributed by atoms with van der Waals surface area (Å²) in [6.07, 6.45) is -0.528. The maximum atomic E-state index is 10.7. The quantitative estimate of drug-likeness (QED) is 0.758. The smallest absolute Gasteiger partial charge is 0.335 e. The Morgan fingerprint density at radius 3 is 2.65 bits per heavy atom. The molecule has 1 unspecified atom stereocenters. The molecule has 2 aromatic rings. The van der Waals surface area contributed by atoms with E-state index in [-0.39, 0.29) is 18.6 Å². The van der Waals surface area contributed by atoms with E-state index in [1.165, 1.54) is 29.1 Å². The van der Waals surface area contributed by atoms with E-state index in [9.17, 15) is 9.90 Å². The van der Waals surface area contributed by atoms with Gasteiger partial charge in [0.2, 0.25) is 0 Å². The first-order valence-corrected chi connectivity index (χ1v) is 5.91. The van der Waals surface area contributed by atoms with Gasteiger partial charge in [0.05, 0.1) is 18.7 Å². The van der Waals surface area contributed by atoms with Crippen LogP contribution < -0.4 is 4.74 Å². The van der Waals surface area contributed by atoms with Crippen LogP contribution in [0.3, 0.4) is 0 Å². The molecular formula is C12H14N4O4. The standard InChI is InChI=1S/C12H14N4O4/c1-16-14-11(13-15-16)6-9(17)7-20-10-4-2-8(3-5-10)12(18)19/h2-5,9,17H,6-7H2,1H3,(H,18,19). The number of carboxylic acid groups (broad SMARTS) is 1. The number of hydrogen-bond donors (Lipinski definition) is 2. The molecule has 1 aromatic carbocycles. The third kappa shape index (κ3) is 3.75. The number of aromatic carboxylic acids is 1. The van der Waals surface area contributed by atoms with E-state index >= 15 is 0 Å². The number of ether oxygens (including phenoxy) is 1. The van der Waals surface area contributed by atoms with Gasteiger partial charge in [-0.1, -0.05) is 0 Å². The number of aliphatic hydroxyl groups is 1. The second-order valence-corrected chi connectivity index (χ2v) is 4.19. The van der Waals surface area contributed by atoms with Crippen molar-refractivity contribution in [3.05, 3.63) is 35.7 Å². The Morgan fingerprint density at radius 2 is 2.10 bits per heavy atom. The average molecular weight is 278 g/mol. The summed E-state index contributed by atoms with van der Waals surface area (Å²) in [6.45, 7) is 0.0602. The van der Waals surface area contributed by atoms with Gasteiger partial charge in [0.25, 0.3) is 0 Å². The Bertz CT molecular complexity index is 581. The van der Waals surface area contributed by atoms with Crippen molar-refractivity contribution < 1.29 is 19.7 Å². The van der Waals surface area contributed by atoms with E-state index in [0.29, 0.717) is 11.6 Å². The molecule has 0 spiro atoms. The van der Waals surface area contributed by atoms with Crippen LogP contribution in [0.2, 0.25) is 0 Å². The van der Waals surface area contributed by atoms with Crippen LogP contribution in [0.4, 0.5) is 0 Å². The summed E-state index contributed by atoms with van der Waals surface area (Å²) in [7, 11) is 1.64. The first-order chi connectivity index (χ1) is 9.54. The predicted molar refractivity (Wildman–Crippen MR) is 67.4 cm³/mol. The third-order valence-electron chi connectivity index (χ3n) is 2.51. The molecule has 1 heterocycles. The molecule has 0 fully saturated rings. The number of benzene rings is 1. The lowest BCUT2D eigenvalue weighted by Crippen LogP contribution is -2.21. The molecule has 0 saturated carbocycles. The van der Waals surface area contributed by atoms with E-state index in [4.69, 9.17) is 9.84 Å². The van der Waals surface area contributed by atoms with E-state index in [2.05, 4.69) is 15.4 Å². The van der Waals surface area contributed by atoms with Crippen molar-refractivity contribution in [3.8, 4) is 5.75 Å². The number of carbonyl (C=O) groups is 1. The highest BCUT2D eigenvalue weighted by Gasteiger charge is 2.11. The minimum absolute atomic E-state index is 0.0602. The molecule has 0 saturated heterocycles. The maximum absolute atomic E-state index is 10.7. The van der Waals surface area contributed by atoms with Gasteiger partial charge in [0.1, 0.15) is 12.4 Å². The molecule has 0 bridgehead atoms. The molecule has 0 amide bonds. The van der Waals surface area contributed by atoms with Crippen molar-refractivity contribution in [3.63, 3.8) is 0 Å². The van der Waals surface area contributed by atoms with E-state index in [1.54, 1.807) is 7.05 Å². The van der Waals surface area contributed by atoms with Gasteiger partial charge < -0.3 is 14.9 Å². The Labute approximate surface area is 114 Å². The molecule has 2 rings (SSSR count). The Balaban J connectivity index is 1.83. The van der Waals surface area contributed by atoms with Crippen LogP contribution in [0, 0.1) is 0 Å². The Morgan fingerprint density at radius 1 is 1.40 bits per heavy atom. The van der Waals surface area contributed by atoms with Crippen molar-refractivity contribution in [1.82, 2.24) is 20.2 Å². The fraction of sp³-hybridized carbons (Fsp3) is 0.333. The average Bonchev–Trinajstić information content (AvgIpc) is 2.82. The summed E-state index contributed by atoms with van der Waals surface area (Å²) in [5, 5.41) is 29.9. The monoisotopic (exact) mass is 278 g/mol. The molecule has 1 aromatic heterocycles. The summed E-state index contributed by atoms with van der Waals surface area (Å²) in [6, 6.07) is 5.95. The van der Waals surface area contributed by atoms with Crippen molar-refractivity contribution in [2.45, 2.75) is 12.5 Å². The summed E-state index contributed by atoms with van der Waals surface area (Å²) in [5.41, 5.74) is 0.182. The maximum Gasteiger partial charge on any atom is 0.335 e. The molecule has 8 heteroatoms. The fourth-order valence-corrected chi connectivity index (χ4v) is 1.56. The molecule has 1 atom stereocenters. The van der Waals surface area contributed by atoms with Crippen molar-refractivity contribution >= 4 is 5.97 Å². The zero-order chi connectivity index (χ0) is 14.5. The molecule has 0 aliphatic rings. The number of aliphatic hydroxyl groups excluding tert-OH is 1. The minimum Gasteiger partial charge on any atom is -0.491 e. The molecule has 0 aliphatic carbocycles. The largest absolute Gasteiger partial charge is 0.491 e. The van der Waals surface area contributed by atoms with Gasteiger partial charge in [-0.05, 0) is 29.5 Å². The van der Waals surface area contributed by atoms with Crippen molar-refractivity contribution in [2.24, 2.45) is 7.05 Å². The number of carboxylic acids is 1. The first-order valence-electron chi connectivity index (χ1n) is 5.91. The van der Waals surface area contributed by atoms with Gasteiger partial charge in [-0.2, -0.15) is 4.80 Å². The molecular weight excluding hydrogens is 264 g/mol. The second kappa shape index (κ2) is 6.11. The molecule has 20 heavy (non-hydrogen) atoms. The van der Waals surface area contributed by atoms with Crippen LogP contribution in [0.1, 0.15) is 16.2 Å². The number of rotatable bonds is 6. The van der Waals surface area contributed by atoms with E-state index in [1.807, 2.05) is 0 Å². The van der Waals surface area contributed by atoms with Crippen molar-refractivity contribution in [1.29, 1.82) is 0 Å². The summed E-state index contributed by atoms with van der Waals surface area (Å²) >= 11 is 0. The number of tetrazole rings is 1. The van der Waals surface area contributed by atoms with Crippen LogP contribution in [-0.4, -0.2) is 49.1 Å². The Hall–Kier alpha value is -2.48. The van der Waals surface area contributed by atoms with Gasteiger partial charge >= 0.3 is 5.97 Å². The summed E-state index contributed by atoms with van der Waals surface area (Å²) < 4.78 is 5.36. The molecule has 0 aliphatic heterocycles. The highest BCUT2D eigenvalue weighted by molar-refractivity contribution is 5.87. The fourth-order valence-electron chi connectivity index (χ4n) is 1.56. The normalized spacial score (nSPS) is 12.1. The Kier molecular flexibility index (Phi) is 4.26. The van der Waals surface area contributed by atoms with Gasteiger partial charge in [0, 0.05) is 6.42 Å². The number of aromatic nitrogens is 4. The molecule has 0 radical (unpaired) electrons. The predicted octanol–water partition coefficient (Wildman–Crippen LogP) is -0.109. The van der Waals surface area contributed by atoms with Crippen LogP contribution in [0.5, 0.6) is 5.75 Å². The lowest BCUT2D eigenvalue weighted by atomic mass is 10.2. The molecule has 2 N–H and O–H groups in total. The third-order valence-corrected chi connectivity index (χ3v) is 2.51. The number of aryl methyl sites for hydroxylation is 1. The minimum atomic E-state index is -0.995. The zero-order valence-corrected chi connectivity index (χ0v) is 10.8. The van der Waals surface area contributed by atoms with Crippen LogP contribution in [0.25, 0.3) is 0 Å². The van der Waals surface area contributed by atoms with Gasteiger partial charge in [-0.3, -0.25) is 0 Å².